The van der Waals surface area contributed by atoms with Gasteiger partial charge < -0.3 is 5.43 Å². The molecule has 0 rings (SSSR count). The highest BCUT2D eigenvalue weighted by Gasteiger charge is 2.07. The molecule has 3 heteroatoms. The second-order valence-corrected chi connectivity index (χ2v) is 4.36. The van der Waals surface area contributed by atoms with Crippen molar-refractivity contribution in [1.29, 1.82) is 0 Å². The molecule has 0 aromatic heterocycles. The molecule has 0 aliphatic rings. The van der Waals surface area contributed by atoms with Crippen LogP contribution in [-0.4, -0.2) is 17.3 Å². The fourth-order valence-corrected chi connectivity index (χ4v) is 0.712. The molecule has 0 aromatic carbocycles. The van der Waals surface area contributed by atoms with Crippen molar-refractivity contribution >= 4 is 17.3 Å². The maximum absolute atomic E-state index is 3.85. The van der Waals surface area contributed by atoms with Crippen LogP contribution in [0.4, 0.5) is 0 Å². The van der Waals surface area contributed by atoms with E-state index in [9.17, 15) is 0 Å². The minimum absolute atomic E-state index is 0.278. The van der Waals surface area contributed by atoms with Crippen LogP contribution >= 0.6 is 11.8 Å². The Hall–Kier alpha value is -0.180. The molecule has 0 aliphatic heterocycles. The monoisotopic (exact) mass is 146 g/mol. The highest BCUT2D eigenvalue weighted by atomic mass is 32.2. The molecule has 0 fully saturated rings. The van der Waals surface area contributed by atoms with Crippen LogP contribution in [0.2, 0.25) is 0 Å². The predicted molar refractivity (Wildman–Crippen MR) is 44.9 cm³/mol. The summed E-state index contributed by atoms with van der Waals surface area (Å²) < 4.78 is 0.278. The number of hydrogen-bond donors (Lipinski definition) is 1. The maximum Gasteiger partial charge on any atom is 0.0802 e. The quantitative estimate of drug-likeness (QED) is 0.364. The van der Waals surface area contributed by atoms with Gasteiger partial charge in [0.05, 0.1) is 5.55 Å². The summed E-state index contributed by atoms with van der Waals surface area (Å²) in [6.45, 7) is 6.46. The van der Waals surface area contributed by atoms with Crippen LogP contribution in [0.3, 0.4) is 0 Å². The van der Waals surface area contributed by atoms with Gasteiger partial charge in [0.2, 0.25) is 0 Å². The van der Waals surface area contributed by atoms with Gasteiger partial charge in [0.25, 0.3) is 0 Å². The fraction of sp³-hybridized carbons (Fsp3) is 0.833. The number of nitrogens with one attached hydrogen (secondary N) is 1. The highest BCUT2D eigenvalue weighted by molar-refractivity contribution is 8.13. The number of hydrogen-bond acceptors (Lipinski definition) is 3. The van der Waals surface area contributed by atoms with Gasteiger partial charge in [0, 0.05) is 11.8 Å². The molecule has 1 N–H and O–H groups in total. The molecule has 0 aliphatic carbocycles. The second kappa shape index (κ2) is 3.77. The lowest BCUT2D eigenvalue weighted by Gasteiger charge is -2.12. The van der Waals surface area contributed by atoms with E-state index in [0.717, 1.165) is 0 Å². The summed E-state index contributed by atoms with van der Waals surface area (Å²) >= 11 is 1.70. The average molecular weight is 146 g/mol. The van der Waals surface area contributed by atoms with E-state index in [2.05, 4.69) is 31.3 Å². The lowest BCUT2D eigenvalue weighted by molar-refractivity contribution is 0.808. The highest BCUT2D eigenvalue weighted by Crippen LogP contribution is 2.19. The first kappa shape index (κ1) is 8.82. The van der Waals surface area contributed by atoms with E-state index in [1.54, 1.807) is 18.8 Å². The zero-order valence-electron chi connectivity index (χ0n) is 6.43. The van der Waals surface area contributed by atoms with Gasteiger partial charge in [-0.1, -0.05) is 20.8 Å². The Labute approximate surface area is 61.1 Å². The largest absolute Gasteiger partial charge is 0.313 e. The molecule has 0 atom stereocenters. The van der Waals surface area contributed by atoms with Gasteiger partial charge in [-0.3, -0.25) is 0 Å². The summed E-state index contributed by atoms with van der Waals surface area (Å²) in [5.41, 5.74) is 4.51. The topological polar surface area (TPSA) is 24.4 Å². The summed E-state index contributed by atoms with van der Waals surface area (Å²) in [7, 11) is 1.79. The lowest BCUT2D eigenvalue weighted by Crippen LogP contribution is -2.07. The Balaban J connectivity index is 3.38. The number of rotatable bonds is 2. The Morgan fingerprint density at radius 2 is 2.00 bits per heavy atom. The summed E-state index contributed by atoms with van der Waals surface area (Å²) in [4.78, 5) is 0. The van der Waals surface area contributed by atoms with Crippen molar-refractivity contribution in [1.82, 2.24) is 5.43 Å². The van der Waals surface area contributed by atoms with Crippen molar-refractivity contribution in [2.75, 3.05) is 7.05 Å². The zero-order valence-corrected chi connectivity index (χ0v) is 7.25. The van der Waals surface area contributed by atoms with E-state index < -0.39 is 0 Å². The predicted octanol–water partition coefficient (Wildman–Crippen LogP) is 1.68. The van der Waals surface area contributed by atoms with Gasteiger partial charge in [-0.25, -0.2) is 0 Å². The fourth-order valence-electron chi connectivity index (χ4n) is 0.237. The molecular weight excluding hydrogens is 132 g/mol. The van der Waals surface area contributed by atoms with Gasteiger partial charge in [-0.15, -0.1) is 11.8 Å². The maximum atomic E-state index is 3.85. The van der Waals surface area contributed by atoms with E-state index in [-0.39, 0.29) is 4.75 Å². The molecule has 54 valence electrons. The molecule has 0 saturated carbocycles. The van der Waals surface area contributed by atoms with Crippen LogP contribution in [0.1, 0.15) is 20.8 Å². The van der Waals surface area contributed by atoms with E-state index in [0.29, 0.717) is 0 Å². The zero-order chi connectivity index (χ0) is 7.33. The summed E-state index contributed by atoms with van der Waals surface area (Å²) in [6.07, 6.45) is 0. The van der Waals surface area contributed by atoms with Gasteiger partial charge in [-0.2, -0.15) is 5.10 Å². The third kappa shape index (κ3) is 7.82. The molecular formula is C6H14N2S. The van der Waals surface area contributed by atoms with E-state index in [4.69, 9.17) is 0 Å². The van der Waals surface area contributed by atoms with Crippen molar-refractivity contribution in [3.05, 3.63) is 0 Å². The molecule has 0 bridgehead atoms. The van der Waals surface area contributed by atoms with Crippen molar-refractivity contribution in [3.8, 4) is 0 Å². The molecule has 0 amide bonds. The van der Waals surface area contributed by atoms with Crippen LogP contribution in [0, 0.1) is 0 Å². The first-order chi connectivity index (χ1) is 4.06. The average Bonchev–Trinajstić information content (AvgIpc) is 1.63. The summed E-state index contributed by atoms with van der Waals surface area (Å²) in [5, 5.41) is 3.85. The van der Waals surface area contributed by atoms with Gasteiger partial charge in [0.15, 0.2) is 0 Å². The van der Waals surface area contributed by atoms with Crippen LogP contribution in [0.25, 0.3) is 0 Å². The van der Waals surface area contributed by atoms with Gasteiger partial charge in [0.1, 0.15) is 0 Å². The minimum atomic E-state index is 0.278. The molecule has 0 spiro atoms. The Kier molecular flexibility index (Phi) is 3.70. The molecule has 0 aromatic rings. The van der Waals surface area contributed by atoms with E-state index >= 15 is 0 Å². The lowest BCUT2D eigenvalue weighted by atomic mass is 10.3. The summed E-state index contributed by atoms with van der Waals surface area (Å²) in [5.74, 6) is 0. The number of nitrogens with zero attached hydrogens (tertiary/aromatic N) is 1. The number of hydrazone groups is 1. The van der Waals surface area contributed by atoms with Gasteiger partial charge >= 0.3 is 0 Å². The standard InChI is InChI=1S/C6H14N2S/c1-6(2,3)9-5-8-7-4/h5,7H,1-4H3/b8-5+. The van der Waals surface area contributed by atoms with Crippen LogP contribution in [0.15, 0.2) is 5.10 Å². The molecule has 0 radical (unpaired) electrons. The Bertz CT molecular complexity index is 93.7. The molecule has 0 heterocycles. The molecule has 9 heavy (non-hydrogen) atoms. The molecule has 0 unspecified atom stereocenters. The van der Waals surface area contributed by atoms with Crippen molar-refractivity contribution < 1.29 is 0 Å². The second-order valence-electron chi connectivity index (χ2n) is 2.69. The van der Waals surface area contributed by atoms with E-state index in [1.807, 2.05) is 5.55 Å². The minimum Gasteiger partial charge on any atom is -0.313 e. The Morgan fingerprint density at radius 1 is 1.44 bits per heavy atom. The van der Waals surface area contributed by atoms with Crippen LogP contribution in [0.5, 0.6) is 0 Å². The van der Waals surface area contributed by atoms with Crippen molar-refractivity contribution in [2.45, 2.75) is 25.5 Å². The molecule has 0 saturated heterocycles. The van der Waals surface area contributed by atoms with E-state index in [1.165, 1.54) is 0 Å². The van der Waals surface area contributed by atoms with Crippen LogP contribution < -0.4 is 5.43 Å². The first-order valence-corrected chi connectivity index (χ1v) is 3.80. The number of thioether (sulfide) groups is 1. The summed E-state index contributed by atoms with van der Waals surface area (Å²) in [6, 6.07) is 0. The smallest absolute Gasteiger partial charge is 0.0802 e. The third-order valence-electron chi connectivity index (χ3n) is 0.588. The SMILES string of the molecule is CN/N=C/SC(C)(C)C. The Morgan fingerprint density at radius 3 is 2.33 bits per heavy atom. The van der Waals surface area contributed by atoms with Crippen molar-refractivity contribution in [2.24, 2.45) is 5.10 Å². The van der Waals surface area contributed by atoms with Crippen molar-refractivity contribution in [3.63, 3.8) is 0 Å². The molecule has 2 nitrogen and oxygen atoms in total. The van der Waals surface area contributed by atoms with Gasteiger partial charge in [-0.05, 0) is 0 Å². The first-order valence-electron chi connectivity index (χ1n) is 2.92. The normalized spacial score (nSPS) is 12.4. The van der Waals surface area contributed by atoms with Crippen LogP contribution in [-0.2, 0) is 0 Å². The third-order valence-corrected chi connectivity index (χ3v) is 1.51.